The van der Waals surface area contributed by atoms with Crippen LogP contribution in [0.15, 0.2) is 57.7 Å². The summed E-state index contributed by atoms with van der Waals surface area (Å²) in [5, 5.41) is 4.19. The molecule has 0 saturated carbocycles. The van der Waals surface area contributed by atoms with Crippen LogP contribution in [0.4, 0.5) is 5.69 Å². The smallest absolute Gasteiger partial charge is 0.265 e. The first kappa shape index (κ1) is 17.8. The Morgan fingerprint density at radius 1 is 1.07 bits per heavy atom. The first-order valence-electron chi connectivity index (χ1n) is 10.1. The lowest BCUT2D eigenvalue weighted by molar-refractivity contribution is -0.139. The molecule has 3 aromatic rings. The van der Waals surface area contributed by atoms with Crippen LogP contribution in [0.25, 0.3) is 11.5 Å². The SMILES string of the molecule is O=C(C1CN(Cc2cc(-c3ccco3)on2)c2ccccc2O1)N1CCCCC1. The number of furan rings is 1. The molecule has 2 aliphatic rings. The van der Waals surface area contributed by atoms with Crippen molar-refractivity contribution in [2.75, 3.05) is 24.5 Å². The lowest BCUT2D eigenvalue weighted by Crippen LogP contribution is -2.51. The van der Waals surface area contributed by atoms with Crippen molar-refractivity contribution in [2.24, 2.45) is 0 Å². The van der Waals surface area contributed by atoms with Gasteiger partial charge in [-0.25, -0.2) is 0 Å². The van der Waals surface area contributed by atoms with Crippen LogP contribution in [-0.4, -0.2) is 41.7 Å². The highest BCUT2D eigenvalue weighted by Crippen LogP contribution is 2.35. The summed E-state index contributed by atoms with van der Waals surface area (Å²) in [6.07, 6.45) is 4.40. The van der Waals surface area contributed by atoms with E-state index in [4.69, 9.17) is 13.7 Å². The third-order valence-corrected chi connectivity index (χ3v) is 5.48. The van der Waals surface area contributed by atoms with Crippen LogP contribution in [0.1, 0.15) is 25.0 Å². The third-order valence-electron chi connectivity index (χ3n) is 5.48. The number of rotatable bonds is 4. The molecule has 7 heteroatoms. The first-order chi connectivity index (χ1) is 14.3. The van der Waals surface area contributed by atoms with Gasteiger partial charge < -0.3 is 23.5 Å². The van der Waals surface area contributed by atoms with Crippen LogP contribution < -0.4 is 9.64 Å². The maximum Gasteiger partial charge on any atom is 0.265 e. The van der Waals surface area contributed by atoms with Crippen molar-refractivity contribution >= 4 is 11.6 Å². The molecule has 7 nitrogen and oxygen atoms in total. The molecule has 0 spiro atoms. The lowest BCUT2D eigenvalue weighted by atomic mass is 10.1. The average Bonchev–Trinajstić information content (AvgIpc) is 3.46. The fraction of sp³-hybridized carbons (Fsp3) is 0.364. The zero-order chi connectivity index (χ0) is 19.6. The molecule has 2 aromatic heterocycles. The number of anilines is 1. The Hall–Kier alpha value is -3.22. The van der Waals surface area contributed by atoms with Crippen molar-refractivity contribution in [3.05, 3.63) is 54.4 Å². The number of para-hydroxylation sites is 2. The Morgan fingerprint density at radius 3 is 2.76 bits per heavy atom. The van der Waals surface area contributed by atoms with Gasteiger partial charge in [-0.05, 0) is 43.5 Å². The highest BCUT2D eigenvalue weighted by Gasteiger charge is 2.34. The number of fused-ring (bicyclic) bond motifs is 1. The zero-order valence-corrected chi connectivity index (χ0v) is 16.1. The Morgan fingerprint density at radius 2 is 1.93 bits per heavy atom. The molecule has 4 heterocycles. The molecular formula is C22H23N3O4. The topological polar surface area (TPSA) is 72.0 Å². The highest BCUT2D eigenvalue weighted by atomic mass is 16.5. The summed E-state index contributed by atoms with van der Waals surface area (Å²) in [5.74, 6) is 2.03. The molecular weight excluding hydrogens is 370 g/mol. The molecule has 1 fully saturated rings. The quantitative estimate of drug-likeness (QED) is 0.673. The molecule has 0 radical (unpaired) electrons. The van der Waals surface area contributed by atoms with Gasteiger partial charge in [-0.15, -0.1) is 0 Å². The van der Waals surface area contributed by atoms with Gasteiger partial charge in [0.25, 0.3) is 5.91 Å². The summed E-state index contributed by atoms with van der Waals surface area (Å²) in [7, 11) is 0. The molecule has 1 amide bonds. The number of aromatic nitrogens is 1. The Labute approximate surface area is 168 Å². The summed E-state index contributed by atoms with van der Waals surface area (Å²) in [4.78, 5) is 17.1. The van der Waals surface area contributed by atoms with E-state index >= 15 is 0 Å². The number of amides is 1. The number of hydrogen-bond acceptors (Lipinski definition) is 6. The Balaban J connectivity index is 1.37. The molecule has 2 aliphatic heterocycles. The fourth-order valence-corrected chi connectivity index (χ4v) is 4.02. The summed E-state index contributed by atoms with van der Waals surface area (Å²) >= 11 is 0. The van der Waals surface area contributed by atoms with Crippen LogP contribution in [-0.2, 0) is 11.3 Å². The van der Waals surface area contributed by atoms with Crippen LogP contribution in [0.2, 0.25) is 0 Å². The van der Waals surface area contributed by atoms with E-state index in [0.29, 0.717) is 24.6 Å². The number of nitrogens with zero attached hydrogens (tertiary/aromatic N) is 3. The average molecular weight is 393 g/mol. The van der Waals surface area contributed by atoms with Crippen molar-refractivity contribution in [3.8, 4) is 17.3 Å². The second-order valence-electron chi connectivity index (χ2n) is 7.50. The number of hydrogen-bond donors (Lipinski definition) is 0. The molecule has 0 N–H and O–H groups in total. The summed E-state index contributed by atoms with van der Waals surface area (Å²) in [5.41, 5.74) is 1.73. The molecule has 1 unspecified atom stereocenters. The van der Waals surface area contributed by atoms with E-state index in [1.54, 1.807) is 6.26 Å². The number of piperidine rings is 1. The minimum absolute atomic E-state index is 0.0700. The van der Waals surface area contributed by atoms with Gasteiger partial charge in [0, 0.05) is 19.2 Å². The van der Waals surface area contributed by atoms with E-state index in [0.717, 1.165) is 43.1 Å². The molecule has 29 heavy (non-hydrogen) atoms. The van der Waals surface area contributed by atoms with Gasteiger partial charge in [0.1, 0.15) is 11.4 Å². The normalized spacial score (nSPS) is 19.0. The van der Waals surface area contributed by atoms with E-state index < -0.39 is 6.10 Å². The summed E-state index contributed by atoms with van der Waals surface area (Å²) in [6, 6.07) is 13.3. The number of likely N-dealkylation sites (tertiary alicyclic amines) is 1. The predicted octanol–water partition coefficient (Wildman–Crippen LogP) is 3.71. The van der Waals surface area contributed by atoms with Crippen molar-refractivity contribution in [1.29, 1.82) is 0 Å². The van der Waals surface area contributed by atoms with E-state index in [2.05, 4.69) is 10.1 Å². The molecule has 5 rings (SSSR count). The maximum absolute atomic E-state index is 13.0. The Kier molecular flexibility index (Phi) is 4.71. The zero-order valence-electron chi connectivity index (χ0n) is 16.1. The second-order valence-corrected chi connectivity index (χ2v) is 7.50. The van der Waals surface area contributed by atoms with E-state index in [1.807, 2.05) is 47.4 Å². The van der Waals surface area contributed by atoms with Crippen LogP contribution in [0, 0.1) is 0 Å². The second kappa shape index (κ2) is 7.66. The van der Waals surface area contributed by atoms with Gasteiger partial charge in [-0.3, -0.25) is 4.79 Å². The molecule has 150 valence electrons. The fourth-order valence-electron chi connectivity index (χ4n) is 4.02. The van der Waals surface area contributed by atoms with E-state index in [-0.39, 0.29) is 5.91 Å². The molecule has 1 atom stereocenters. The van der Waals surface area contributed by atoms with Gasteiger partial charge in [0.2, 0.25) is 5.76 Å². The van der Waals surface area contributed by atoms with Crippen molar-refractivity contribution in [2.45, 2.75) is 31.9 Å². The summed E-state index contributed by atoms with van der Waals surface area (Å²) < 4.78 is 16.9. The maximum atomic E-state index is 13.0. The van der Waals surface area contributed by atoms with E-state index in [9.17, 15) is 4.79 Å². The van der Waals surface area contributed by atoms with Gasteiger partial charge in [0.15, 0.2) is 11.9 Å². The van der Waals surface area contributed by atoms with E-state index in [1.165, 1.54) is 6.42 Å². The van der Waals surface area contributed by atoms with Crippen molar-refractivity contribution in [3.63, 3.8) is 0 Å². The molecule has 0 bridgehead atoms. The lowest BCUT2D eigenvalue weighted by Gasteiger charge is -2.38. The van der Waals surface area contributed by atoms with Crippen LogP contribution in [0.3, 0.4) is 0 Å². The first-order valence-corrected chi connectivity index (χ1v) is 10.1. The number of carbonyl (C=O) groups excluding carboxylic acids is 1. The van der Waals surface area contributed by atoms with Gasteiger partial charge in [-0.2, -0.15) is 0 Å². The molecule has 1 aromatic carbocycles. The van der Waals surface area contributed by atoms with Gasteiger partial charge in [-0.1, -0.05) is 17.3 Å². The van der Waals surface area contributed by atoms with Gasteiger partial charge in [0.05, 0.1) is 25.0 Å². The van der Waals surface area contributed by atoms with Crippen molar-refractivity contribution in [1.82, 2.24) is 10.1 Å². The van der Waals surface area contributed by atoms with Gasteiger partial charge >= 0.3 is 0 Å². The molecule has 0 aliphatic carbocycles. The van der Waals surface area contributed by atoms with Crippen LogP contribution >= 0.6 is 0 Å². The highest BCUT2D eigenvalue weighted by molar-refractivity contribution is 5.83. The molecule has 1 saturated heterocycles. The van der Waals surface area contributed by atoms with Crippen molar-refractivity contribution < 1.29 is 18.5 Å². The minimum Gasteiger partial charge on any atom is -0.477 e. The largest absolute Gasteiger partial charge is 0.477 e. The third kappa shape index (κ3) is 3.60. The standard InChI is InChI=1S/C22H23N3O4/c26-22(24-10-4-1-5-11-24)21-15-25(17-7-2-3-8-18(17)28-21)14-16-13-20(29-23-16)19-9-6-12-27-19/h2-3,6-9,12-13,21H,1,4-5,10-11,14-15H2. The van der Waals surface area contributed by atoms with Crippen LogP contribution in [0.5, 0.6) is 5.75 Å². The number of benzene rings is 1. The summed E-state index contributed by atoms with van der Waals surface area (Å²) in [6.45, 7) is 2.63. The predicted molar refractivity (Wildman–Crippen MR) is 107 cm³/mol. The minimum atomic E-state index is -0.514. The number of carbonyl (C=O) groups is 1. The monoisotopic (exact) mass is 393 g/mol. The number of ether oxygens (including phenoxy) is 1. The Bertz CT molecular complexity index is 976.